The fourth-order valence-electron chi connectivity index (χ4n) is 1.64. The Morgan fingerprint density at radius 2 is 2.23 bits per heavy atom. The van der Waals surface area contributed by atoms with Crippen molar-refractivity contribution in [3.05, 3.63) is 22.4 Å². The second-order valence-corrected chi connectivity index (χ2v) is 5.62. The van der Waals surface area contributed by atoms with Gasteiger partial charge in [0, 0.05) is 10.4 Å². The number of ether oxygens (including phenoxy) is 1. The van der Waals surface area contributed by atoms with Crippen molar-refractivity contribution in [1.29, 1.82) is 5.26 Å². The molecule has 8 heteroatoms. The second kappa shape index (κ2) is 7.31. The van der Waals surface area contributed by atoms with Gasteiger partial charge in [0.25, 0.3) is 5.54 Å². The molecule has 0 amide bonds. The van der Waals surface area contributed by atoms with E-state index in [-0.39, 0.29) is 18.0 Å². The van der Waals surface area contributed by atoms with Gasteiger partial charge in [-0.05, 0) is 19.1 Å². The van der Waals surface area contributed by atoms with Crippen molar-refractivity contribution in [2.24, 2.45) is 16.1 Å². The van der Waals surface area contributed by atoms with Crippen molar-refractivity contribution < 1.29 is 19.0 Å². The molecular formula is C14H15BrFN3O3. The topological polar surface area (TPSA) is 95.0 Å². The Balaban J connectivity index is 3.39. The number of halogens is 2. The molecule has 0 fully saturated rings. The van der Waals surface area contributed by atoms with Gasteiger partial charge in [0.2, 0.25) is 0 Å². The van der Waals surface area contributed by atoms with Crippen LogP contribution >= 0.6 is 15.9 Å². The number of aliphatic carboxylic acids is 1. The monoisotopic (exact) mass is 371 g/mol. The van der Waals surface area contributed by atoms with E-state index in [9.17, 15) is 14.3 Å². The fourth-order valence-corrected chi connectivity index (χ4v) is 2.05. The van der Waals surface area contributed by atoms with Crippen molar-refractivity contribution in [2.75, 3.05) is 6.61 Å². The number of azo groups is 1. The van der Waals surface area contributed by atoms with Gasteiger partial charge < -0.3 is 9.84 Å². The van der Waals surface area contributed by atoms with Crippen LogP contribution in [0.5, 0.6) is 5.75 Å². The Morgan fingerprint density at radius 3 is 2.68 bits per heavy atom. The molecule has 0 aliphatic rings. The van der Waals surface area contributed by atoms with E-state index in [4.69, 9.17) is 10.00 Å². The largest absolute Gasteiger partial charge is 0.491 e. The van der Waals surface area contributed by atoms with Gasteiger partial charge in [-0.2, -0.15) is 10.4 Å². The summed E-state index contributed by atoms with van der Waals surface area (Å²) in [5.41, 5.74) is -2.32. The summed E-state index contributed by atoms with van der Waals surface area (Å²) in [4.78, 5) is 11.4. The van der Waals surface area contributed by atoms with Crippen LogP contribution in [0.1, 0.15) is 20.8 Å². The van der Waals surface area contributed by atoms with Crippen LogP contribution in [0.15, 0.2) is 26.8 Å². The molecule has 1 rings (SSSR count). The molecule has 1 aromatic rings. The number of carboxylic acid groups (broad SMARTS) is 1. The average molecular weight is 372 g/mol. The minimum Gasteiger partial charge on any atom is -0.491 e. The first kappa shape index (κ1) is 18.0. The lowest BCUT2D eigenvalue weighted by Crippen LogP contribution is -2.40. The maximum Gasteiger partial charge on any atom is 0.348 e. The summed E-state index contributed by atoms with van der Waals surface area (Å²) in [7, 11) is 0. The van der Waals surface area contributed by atoms with Gasteiger partial charge in [-0.3, -0.25) is 0 Å². The van der Waals surface area contributed by atoms with E-state index in [0.717, 1.165) is 6.07 Å². The fraction of sp³-hybridized carbons (Fsp3) is 0.429. The molecule has 0 saturated heterocycles. The molecule has 0 aromatic heterocycles. The third-order valence-corrected chi connectivity index (χ3v) is 3.39. The number of rotatable bonds is 6. The Morgan fingerprint density at radius 1 is 1.59 bits per heavy atom. The maximum atomic E-state index is 14.0. The van der Waals surface area contributed by atoms with Gasteiger partial charge in [-0.1, -0.05) is 29.8 Å². The summed E-state index contributed by atoms with van der Waals surface area (Å²) < 4.78 is 19.7. The predicted octanol–water partition coefficient (Wildman–Crippen LogP) is 4.07. The zero-order valence-electron chi connectivity index (χ0n) is 12.3. The molecule has 6 nitrogen and oxygen atoms in total. The van der Waals surface area contributed by atoms with E-state index >= 15 is 0 Å². The van der Waals surface area contributed by atoms with Crippen molar-refractivity contribution in [1.82, 2.24) is 0 Å². The van der Waals surface area contributed by atoms with E-state index in [1.54, 1.807) is 13.0 Å². The summed E-state index contributed by atoms with van der Waals surface area (Å²) in [5, 5.41) is 25.7. The van der Waals surface area contributed by atoms with E-state index in [1.807, 2.05) is 0 Å². The van der Waals surface area contributed by atoms with Crippen LogP contribution in [-0.4, -0.2) is 23.2 Å². The van der Waals surface area contributed by atoms with E-state index in [1.165, 1.54) is 19.9 Å². The zero-order chi connectivity index (χ0) is 16.9. The molecule has 22 heavy (non-hydrogen) atoms. The minimum absolute atomic E-state index is 0.110. The highest BCUT2D eigenvalue weighted by atomic mass is 79.9. The molecular weight excluding hydrogens is 357 g/mol. The van der Waals surface area contributed by atoms with Gasteiger partial charge in [0.15, 0.2) is 17.3 Å². The molecule has 0 radical (unpaired) electrons. The van der Waals surface area contributed by atoms with Gasteiger partial charge >= 0.3 is 5.97 Å². The summed E-state index contributed by atoms with van der Waals surface area (Å²) in [6, 6.07) is 4.28. The smallest absolute Gasteiger partial charge is 0.348 e. The van der Waals surface area contributed by atoms with Crippen LogP contribution < -0.4 is 4.74 Å². The van der Waals surface area contributed by atoms with Crippen molar-refractivity contribution in [3.63, 3.8) is 0 Å². The summed E-state index contributed by atoms with van der Waals surface area (Å²) >= 11 is 3.13. The molecule has 1 atom stereocenters. The molecule has 0 aliphatic carbocycles. The predicted molar refractivity (Wildman–Crippen MR) is 80.6 cm³/mol. The van der Waals surface area contributed by atoms with Crippen LogP contribution in [-0.2, 0) is 4.79 Å². The zero-order valence-corrected chi connectivity index (χ0v) is 13.9. The van der Waals surface area contributed by atoms with Gasteiger partial charge in [0.05, 0.1) is 6.61 Å². The van der Waals surface area contributed by atoms with Gasteiger partial charge in [-0.25, -0.2) is 9.18 Å². The van der Waals surface area contributed by atoms with Crippen molar-refractivity contribution in [3.8, 4) is 11.8 Å². The summed E-state index contributed by atoms with van der Waals surface area (Å²) in [6.45, 7) is 5.03. The highest BCUT2D eigenvalue weighted by Gasteiger charge is 2.43. The number of hydrogen-bond donors (Lipinski definition) is 1. The third kappa shape index (κ3) is 3.60. The lowest BCUT2D eigenvalue weighted by Gasteiger charge is -2.19. The van der Waals surface area contributed by atoms with E-state index in [0.29, 0.717) is 4.47 Å². The first-order valence-electron chi connectivity index (χ1n) is 6.47. The number of carboxylic acids is 1. The normalized spacial score (nSPS) is 13.9. The van der Waals surface area contributed by atoms with Crippen LogP contribution in [0.25, 0.3) is 0 Å². The number of carbonyl (C=O) groups is 1. The molecule has 0 saturated carbocycles. The first-order valence-corrected chi connectivity index (χ1v) is 7.27. The van der Waals surface area contributed by atoms with Crippen LogP contribution in [0.2, 0.25) is 0 Å². The Kier molecular flexibility index (Phi) is 6.00. The van der Waals surface area contributed by atoms with Crippen LogP contribution in [0.3, 0.4) is 0 Å². The molecule has 118 valence electrons. The molecule has 1 unspecified atom stereocenters. The maximum absolute atomic E-state index is 14.0. The van der Waals surface area contributed by atoms with Crippen LogP contribution in [0.4, 0.5) is 10.1 Å². The minimum atomic E-state index is -2.08. The number of hydrogen-bond acceptors (Lipinski definition) is 5. The lowest BCUT2D eigenvalue weighted by molar-refractivity contribution is -0.142. The van der Waals surface area contributed by atoms with Crippen molar-refractivity contribution in [2.45, 2.75) is 26.3 Å². The molecule has 0 bridgehead atoms. The third-order valence-electron chi connectivity index (χ3n) is 2.93. The number of nitriles is 1. The van der Waals surface area contributed by atoms with Crippen molar-refractivity contribution >= 4 is 27.6 Å². The number of benzene rings is 1. The molecule has 0 aliphatic heterocycles. The highest BCUT2D eigenvalue weighted by Crippen LogP contribution is 2.36. The average Bonchev–Trinajstić information content (AvgIpc) is 2.41. The Hall–Kier alpha value is -2.01. The van der Waals surface area contributed by atoms with E-state index < -0.39 is 23.2 Å². The van der Waals surface area contributed by atoms with Gasteiger partial charge in [0.1, 0.15) is 6.07 Å². The quantitative estimate of drug-likeness (QED) is 0.762. The summed E-state index contributed by atoms with van der Waals surface area (Å²) in [6.07, 6.45) is 0. The molecule has 1 aromatic carbocycles. The van der Waals surface area contributed by atoms with Gasteiger partial charge in [-0.15, -0.1) is 5.11 Å². The molecule has 1 N–H and O–H groups in total. The highest BCUT2D eigenvalue weighted by molar-refractivity contribution is 9.10. The molecule has 0 spiro atoms. The standard InChI is InChI=1S/C14H15BrFN3O3/c1-4-22-11-6-9(15)5-10(16)12(11)18-19-14(7-17,8(2)3)13(20)21/h5-6,8H,4H2,1-3H3,(H,20,21). The van der Waals surface area contributed by atoms with E-state index in [2.05, 4.69) is 26.2 Å². The summed E-state index contributed by atoms with van der Waals surface area (Å²) in [5.74, 6) is -2.71. The lowest BCUT2D eigenvalue weighted by atomic mass is 9.89. The van der Waals surface area contributed by atoms with Crippen LogP contribution in [0, 0.1) is 23.1 Å². The molecule has 0 heterocycles. The first-order chi connectivity index (χ1) is 10.3. The Bertz CT molecular complexity index is 643. The Labute approximate surface area is 135 Å². The second-order valence-electron chi connectivity index (χ2n) is 4.71. The SMILES string of the molecule is CCOc1cc(Br)cc(F)c1N=NC(C#N)(C(=O)O)C(C)C. The number of nitrogens with zero attached hydrogens (tertiary/aromatic N) is 3.